The fourth-order valence-electron chi connectivity index (χ4n) is 0.790. The number of hydrogen-bond acceptors (Lipinski definition) is 1. The van der Waals surface area contributed by atoms with Crippen molar-refractivity contribution >= 4 is 6.21 Å². The zero-order valence-electron chi connectivity index (χ0n) is 6.13. The normalized spacial score (nSPS) is 22.1. The van der Waals surface area contributed by atoms with E-state index >= 15 is 0 Å². The van der Waals surface area contributed by atoms with E-state index in [-0.39, 0.29) is 11.2 Å². The summed E-state index contributed by atoms with van der Waals surface area (Å²) in [5.41, 5.74) is -0.256. The van der Waals surface area contributed by atoms with Crippen LogP contribution in [0.15, 0.2) is 29.2 Å². The standard InChI is InChI=1S/C8H10FN/c1-8(2)5-7(9)3-4-10-6-8/h3-6H,1-2H3. The molecule has 0 aromatic heterocycles. The van der Waals surface area contributed by atoms with Gasteiger partial charge in [-0.3, -0.25) is 4.99 Å². The average molecular weight is 139 g/mol. The number of hydrogen-bond donors (Lipinski definition) is 0. The molecule has 2 heteroatoms. The quantitative estimate of drug-likeness (QED) is 0.489. The largest absolute Gasteiger partial charge is 0.268 e. The van der Waals surface area contributed by atoms with Crippen molar-refractivity contribution in [3.8, 4) is 0 Å². The molecule has 10 heavy (non-hydrogen) atoms. The summed E-state index contributed by atoms with van der Waals surface area (Å²) in [6.45, 7) is 3.81. The second kappa shape index (κ2) is 2.37. The van der Waals surface area contributed by atoms with Crippen LogP contribution in [0.5, 0.6) is 0 Å². The van der Waals surface area contributed by atoms with Gasteiger partial charge in [0.15, 0.2) is 0 Å². The average Bonchev–Trinajstić information content (AvgIpc) is 1.90. The Labute approximate surface area is 60.0 Å². The van der Waals surface area contributed by atoms with Crippen molar-refractivity contribution in [2.45, 2.75) is 13.8 Å². The van der Waals surface area contributed by atoms with Gasteiger partial charge in [0.1, 0.15) is 5.83 Å². The summed E-state index contributed by atoms with van der Waals surface area (Å²) in [6.07, 6.45) is 6.07. The van der Waals surface area contributed by atoms with E-state index in [0.29, 0.717) is 0 Å². The summed E-state index contributed by atoms with van der Waals surface area (Å²) >= 11 is 0. The van der Waals surface area contributed by atoms with Crippen LogP contribution in [-0.4, -0.2) is 6.21 Å². The van der Waals surface area contributed by atoms with Crippen LogP contribution in [0.2, 0.25) is 0 Å². The van der Waals surface area contributed by atoms with Crippen LogP contribution in [-0.2, 0) is 0 Å². The van der Waals surface area contributed by atoms with E-state index in [1.165, 1.54) is 12.3 Å². The molecule has 1 aliphatic heterocycles. The molecule has 0 saturated carbocycles. The van der Waals surface area contributed by atoms with Crippen LogP contribution in [0.4, 0.5) is 4.39 Å². The van der Waals surface area contributed by atoms with Crippen LogP contribution in [0, 0.1) is 5.41 Å². The van der Waals surface area contributed by atoms with Gasteiger partial charge in [-0.25, -0.2) is 4.39 Å². The molecule has 1 aliphatic rings. The number of halogens is 1. The smallest absolute Gasteiger partial charge is 0.121 e. The molecule has 0 radical (unpaired) electrons. The van der Waals surface area contributed by atoms with Gasteiger partial charge in [0.05, 0.1) is 0 Å². The van der Waals surface area contributed by atoms with Crippen molar-refractivity contribution in [3.05, 3.63) is 24.2 Å². The minimum atomic E-state index is -0.256. The van der Waals surface area contributed by atoms with Crippen molar-refractivity contribution < 1.29 is 4.39 Å². The number of rotatable bonds is 0. The van der Waals surface area contributed by atoms with E-state index in [1.54, 1.807) is 12.3 Å². The molecule has 0 bridgehead atoms. The summed E-state index contributed by atoms with van der Waals surface area (Å²) in [6, 6.07) is 0. The molecule has 1 rings (SSSR count). The Kier molecular flexibility index (Phi) is 1.70. The Morgan fingerprint density at radius 2 is 2.20 bits per heavy atom. The zero-order valence-corrected chi connectivity index (χ0v) is 6.13. The summed E-state index contributed by atoms with van der Waals surface area (Å²) < 4.78 is 12.6. The molecule has 0 N–H and O–H groups in total. The highest BCUT2D eigenvalue weighted by Crippen LogP contribution is 2.19. The van der Waals surface area contributed by atoms with E-state index in [1.807, 2.05) is 13.8 Å². The molecule has 0 fully saturated rings. The van der Waals surface area contributed by atoms with Gasteiger partial charge in [-0.05, 0) is 12.2 Å². The highest BCUT2D eigenvalue weighted by atomic mass is 19.1. The van der Waals surface area contributed by atoms with Crippen molar-refractivity contribution in [1.29, 1.82) is 0 Å². The first-order valence-electron chi connectivity index (χ1n) is 3.19. The molecule has 0 aliphatic carbocycles. The lowest BCUT2D eigenvalue weighted by molar-refractivity contribution is 0.616. The third-order valence-electron chi connectivity index (χ3n) is 1.24. The summed E-state index contributed by atoms with van der Waals surface area (Å²) in [7, 11) is 0. The van der Waals surface area contributed by atoms with Gasteiger partial charge in [0.2, 0.25) is 0 Å². The molecule has 1 nitrogen and oxygen atoms in total. The maximum atomic E-state index is 12.6. The topological polar surface area (TPSA) is 12.4 Å². The Morgan fingerprint density at radius 3 is 2.90 bits per heavy atom. The van der Waals surface area contributed by atoms with Gasteiger partial charge in [-0.15, -0.1) is 0 Å². The van der Waals surface area contributed by atoms with Crippen molar-refractivity contribution in [2.24, 2.45) is 10.4 Å². The third kappa shape index (κ3) is 1.79. The Bertz CT molecular complexity index is 211. The van der Waals surface area contributed by atoms with Crippen LogP contribution in [0.1, 0.15) is 13.8 Å². The molecule has 0 amide bonds. The van der Waals surface area contributed by atoms with E-state index < -0.39 is 0 Å². The summed E-state index contributed by atoms with van der Waals surface area (Å²) in [5, 5.41) is 0. The van der Waals surface area contributed by atoms with E-state index in [0.717, 1.165) is 0 Å². The lowest BCUT2D eigenvalue weighted by Gasteiger charge is -2.10. The molecule has 0 spiro atoms. The molecular formula is C8H10FN. The monoisotopic (exact) mass is 139 g/mol. The highest BCUT2D eigenvalue weighted by molar-refractivity contribution is 5.69. The lowest BCUT2D eigenvalue weighted by atomic mass is 9.95. The molecule has 54 valence electrons. The van der Waals surface area contributed by atoms with Crippen LogP contribution in [0.3, 0.4) is 0 Å². The summed E-state index contributed by atoms with van der Waals surface area (Å²) in [4.78, 5) is 3.88. The van der Waals surface area contributed by atoms with Crippen molar-refractivity contribution in [2.75, 3.05) is 0 Å². The van der Waals surface area contributed by atoms with E-state index in [2.05, 4.69) is 4.99 Å². The number of aliphatic imine (C=N–C) groups is 1. The number of allylic oxidation sites excluding steroid dienone is 3. The van der Waals surface area contributed by atoms with Crippen molar-refractivity contribution in [3.63, 3.8) is 0 Å². The van der Waals surface area contributed by atoms with Gasteiger partial charge in [0, 0.05) is 17.8 Å². The first kappa shape index (κ1) is 7.19. The van der Waals surface area contributed by atoms with Gasteiger partial charge < -0.3 is 0 Å². The second-order valence-corrected chi connectivity index (χ2v) is 2.94. The second-order valence-electron chi connectivity index (χ2n) is 2.94. The van der Waals surface area contributed by atoms with E-state index in [4.69, 9.17) is 0 Å². The first-order valence-corrected chi connectivity index (χ1v) is 3.19. The van der Waals surface area contributed by atoms with Crippen LogP contribution >= 0.6 is 0 Å². The first-order chi connectivity index (χ1) is 4.60. The Morgan fingerprint density at radius 1 is 1.50 bits per heavy atom. The molecule has 0 saturated heterocycles. The zero-order chi connectivity index (χ0) is 7.61. The molecular weight excluding hydrogens is 129 g/mol. The van der Waals surface area contributed by atoms with Crippen molar-refractivity contribution in [1.82, 2.24) is 0 Å². The van der Waals surface area contributed by atoms with Crippen LogP contribution < -0.4 is 0 Å². The molecule has 0 unspecified atom stereocenters. The van der Waals surface area contributed by atoms with E-state index in [9.17, 15) is 4.39 Å². The van der Waals surface area contributed by atoms with Gasteiger partial charge in [-0.1, -0.05) is 13.8 Å². The summed E-state index contributed by atoms with van der Waals surface area (Å²) in [5.74, 6) is -0.220. The van der Waals surface area contributed by atoms with Crippen LogP contribution in [0.25, 0.3) is 0 Å². The third-order valence-corrected chi connectivity index (χ3v) is 1.24. The molecule has 1 heterocycles. The SMILES string of the molecule is CC1(C)C=NC=CC(F)=C1. The molecule has 0 aromatic carbocycles. The van der Waals surface area contributed by atoms with Gasteiger partial charge in [-0.2, -0.15) is 0 Å². The predicted molar refractivity (Wildman–Crippen MR) is 40.6 cm³/mol. The lowest BCUT2D eigenvalue weighted by Crippen LogP contribution is -2.08. The number of nitrogens with zero attached hydrogens (tertiary/aromatic N) is 1. The van der Waals surface area contributed by atoms with Gasteiger partial charge in [0.25, 0.3) is 0 Å². The minimum absolute atomic E-state index is 0.220. The van der Waals surface area contributed by atoms with Gasteiger partial charge >= 0.3 is 0 Å². The fraction of sp³-hybridized carbons (Fsp3) is 0.375. The molecule has 0 atom stereocenters. The fourth-order valence-corrected chi connectivity index (χ4v) is 0.790. The Balaban J connectivity index is 2.93. The minimum Gasteiger partial charge on any atom is -0.268 e. The molecule has 0 aromatic rings. The Hall–Kier alpha value is -0.920. The maximum absolute atomic E-state index is 12.6. The maximum Gasteiger partial charge on any atom is 0.121 e. The highest BCUT2D eigenvalue weighted by Gasteiger charge is 2.12. The predicted octanol–water partition coefficient (Wildman–Crippen LogP) is 2.46.